The maximum Gasteiger partial charge on any atom is 0.416 e. The van der Waals surface area contributed by atoms with E-state index in [0.29, 0.717) is 15.7 Å². The Balaban J connectivity index is 1.40. The van der Waals surface area contributed by atoms with E-state index < -0.39 is 11.7 Å². The third-order valence-corrected chi connectivity index (χ3v) is 7.36. The normalized spacial score (nSPS) is 24.8. The lowest BCUT2D eigenvalue weighted by Crippen LogP contribution is -2.57. The molecule has 3 saturated heterocycles. The number of benzene rings is 1. The average molecular weight is 413 g/mol. The zero-order valence-corrected chi connectivity index (χ0v) is 16.1. The van der Waals surface area contributed by atoms with Gasteiger partial charge in [-0.1, -0.05) is 17.8 Å². The number of hydrogen-bond acceptors (Lipinski definition) is 4. The van der Waals surface area contributed by atoms with E-state index in [4.69, 9.17) is 0 Å². The molecule has 3 aliphatic heterocycles. The van der Waals surface area contributed by atoms with Gasteiger partial charge in [0.05, 0.1) is 14.6 Å². The smallest absolute Gasteiger partial charge is 0.347 e. The third-order valence-electron chi connectivity index (χ3n) is 5.16. The van der Waals surface area contributed by atoms with Crippen LogP contribution in [-0.2, 0) is 6.18 Å². The topological polar surface area (TPSA) is 32.3 Å². The van der Waals surface area contributed by atoms with Gasteiger partial charge in [-0.05, 0) is 62.2 Å². The molecule has 1 aromatic heterocycles. The van der Waals surface area contributed by atoms with E-state index in [-0.39, 0.29) is 11.9 Å². The van der Waals surface area contributed by atoms with E-state index in [0.717, 1.165) is 48.8 Å². The molecule has 4 heterocycles. The molecule has 0 aliphatic carbocycles. The summed E-state index contributed by atoms with van der Waals surface area (Å²) in [6.45, 7) is 3.15. The molecular formula is C19H19F3N2OS2. The molecule has 3 nitrogen and oxygen atoms in total. The van der Waals surface area contributed by atoms with Crippen LogP contribution in [-0.4, -0.2) is 36.5 Å². The van der Waals surface area contributed by atoms with Crippen molar-refractivity contribution in [3.05, 3.63) is 46.8 Å². The Labute approximate surface area is 163 Å². The molecule has 1 amide bonds. The zero-order chi connectivity index (χ0) is 19.0. The number of rotatable bonds is 4. The Kier molecular flexibility index (Phi) is 5.22. The lowest BCUT2D eigenvalue weighted by molar-refractivity contribution is -0.137. The van der Waals surface area contributed by atoms with Gasteiger partial charge in [0.15, 0.2) is 0 Å². The van der Waals surface area contributed by atoms with Gasteiger partial charge < -0.3 is 10.2 Å². The highest BCUT2D eigenvalue weighted by atomic mass is 32.2. The lowest BCUT2D eigenvalue weighted by atomic mass is 9.84. The summed E-state index contributed by atoms with van der Waals surface area (Å²) >= 11 is 2.56. The Hall–Kier alpha value is -1.51. The molecule has 5 rings (SSSR count). The average Bonchev–Trinajstić information content (AvgIpc) is 3.11. The maximum absolute atomic E-state index is 12.8. The van der Waals surface area contributed by atoms with Crippen LogP contribution in [0.25, 0.3) is 0 Å². The minimum atomic E-state index is -4.35. The summed E-state index contributed by atoms with van der Waals surface area (Å²) in [6.07, 6.45) is -2.09. The first-order valence-corrected chi connectivity index (χ1v) is 10.5. The first-order chi connectivity index (χ1) is 12.9. The van der Waals surface area contributed by atoms with Crippen LogP contribution in [0.4, 0.5) is 13.2 Å². The molecule has 1 aromatic carbocycles. The third kappa shape index (κ3) is 4.33. The minimum Gasteiger partial charge on any atom is -0.347 e. The molecule has 0 unspecified atom stereocenters. The van der Waals surface area contributed by atoms with Crippen LogP contribution in [0.2, 0.25) is 0 Å². The summed E-state index contributed by atoms with van der Waals surface area (Å²) in [7, 11) is 0. The summed E-state index contributed by atoms with van der Waals surface area (Å²) in [4.78, 5) is 16.1. The molecule has 0 saturated carbocycles. The maximum atomic E-state index is 12.8. The van der Waals surface area contributed by atoms with Crippen molar-refractivity contribution in [1.82, 2.24) is 10.2 Å². The molecule has 3 aliphatic rings. The predicted octanol–water partition coefficient (Wildman–Crippen LogP) is 4.74. The molecule has 27 heavy (non-hydrogen) atoms. The Morgan fingerprint density at radius 2 is 1.96 bits per heavy atom. The number of thiophene rings is 1. The Morgan fingerprint density at radius 1 is 1.19 bits per heavy atom. The van der Waals surface area contributed by atoms with Gasteiger partial charge in [-0.2, -0.15) is 13.2 Å². The standard InChI is InChI=1S/C19H19F3N2OS2/c20-19(21,22)13-2-1-3-14(10-13)26-17-5-4-16(27-17)18(25)23-15-11-24-8-6-12(15)7-9-24/h1-5,10,12,15H,6-9,11H2,(H,23,25)/t15-/m0/s1. The molecule has 0 radical (unpaired) electrons. The Bertz CT molecular complexity index is 828. The number of hydrogen-bond donors (Lipinski definition) is 1. The van der Waals surface area contributed by atoms with Crippen molar-refractivity contribution in [2.24, 2.45) is 5.92 Å². The number of carbonyl (C=O) groups excluding carboxylic acids is 1. The van der Waals surface area contributed by atoms with Gasteiger partial charge in [-0.3, -0.25) is 4.79 Å². The van der Waals surface area contributed by atoms with Crippen molar-refractivity contribution in [2.75, 3.05) is 19.6 Å². The number of fused-ring (bicyclic) bond motifs is 3. The molecule has 8 heteroatoms. The van der Waals surface area contributed by atoms with Gasteiger partial charge in [0, 0.05) is 17.5 Å². The number of nitrogens with zero attached hydrogens (tertiary/aromatic N) is 1. The van der Waals surface area contributed by atoms with Gasteiger partial charge in [0.2, 0.25) is 0 Å². The highest BCUT2D eigenvalue weighted by molar-refractivity contribution is 8.01. The molecule has 3 fully saturated rings. The quantitative estimate of drug-likeness (QED) is 0.787. The van der Waals surface area contributed by atoms with Crippen LogP contribution >= 0.6 is 23.1 Å². The fourth-order valence-corrected chi connectivity index (χ4v) is 5.78. The van der Waals surface area contributed by atoms with Crippen LogP contribution in [0.15, 0.2) is 45.5 Å². The van der Waals surface area contributed by atoms with Gasteiger partial charge in [0.1, 0.15) is 0 Å². The van der Waals surface area contributed by atoms with Crippen LogP contribution in [0.5, 0.6) is 0 Å². The number of alkyl halides is 3. The number of halogens is 3. The predicted molar refractivity (Wildman–Crippen MR) is 100 cm³/mol. The second kappa shape index (κ2) is 7.48. The van der Waals surface area contributed by atoms with E-state index in [1.54, 1.807) is 18.2 Å². The number of carbonyl (C=O) groups is 1. The van der Waals surface area contributed by atoms with Crippen molar-refractivity contribution >= 4 is 29.0 Å². The molecule has 2 aromatic rings. The molecule has 2 bridgehead atoms. The number of nitrogens with one attached hydrogen (secondary N) is 1. The molecule has 144 valence electrons. The van der Waals surface area contributed by atoms with E-state index in [2.05, 4.69) is 10.2 Å². The second-order valence-electron chi connectivity index (χ2n) is 6.96. The Morgan fingerprint density at radius 3 is 2.63 bits per heavy atom. The summed E-state index contributed by atoms with van der Waals surface area (Å²) in [5, 5.41) is 3.14. The molecule has 1 N–H and O–H groups in total. The van der Waals surface area contributed by atoms with Crippen LogP contribution in [0, 0.1) is 5.92 Å². The number of piperidine rings is 3. The van der Waals surface area contributed by atoms with Crippen molar-refractivity contribution in [2.45, 2.75) is 34.2 Å². The summed E-state index contributed by atoms with van der Waals surface area (Å²) in [6, 6.07) is 8.98. The summed E-state index contributed by atoms with van der Waals surface area (Å²) in [5.74, 6) is 0.465. The highest BCUT2D eigenvalue weighted by Gasteiger charge is 2.35. The van der Waals surface area contributed by atoms with Crippen molar-refractivity contribution in [1.29, 1.82) is 0 Å². The van der Waals surface area contributed by atoms with Gasteiger partial charge >= 0.3 is 6.18 Å². The van der Waals surface area contributed by atoms with Crippen molar-refractivity contribution in [3.63, 3.8) is 0 Å². The number of amides is 1. The van der Waals surface area contributed by atoms with Gasteiger partial charge in [-0.25, -0.2) is 0 Å². The minimum absolute atomic E-state index is 0.0883. The first kappa shape index (κ1) is 18.8. The van der Waals surface area contributed by atoms with Crippen molar-refractivity contribution in [3.8, 4) is 0 Å². The lowest BCUT2D eigenvalue weighted by Gasteiger charge is -2.44. The van der Waals surface area contributed by atoms with Crippen LogP contribution in [0.3, 0.4) is 0 Å². The zero-order valence-electron chi connectivity index (χ0n) is 14.5. The highest BCUT2D eigenvalue weighted by Crippen LogP contribution is 2.37. The van der Waals surface area contributed by atoms with E-state index in [1.807, 2.05) is 0 Å². The summed E-state index contributed by atoms with van der Waals surface area (Å²) < 4.78 is 39.3. The van der Waals surface area contributed by atoms with E-state index in [9.17, 15) is 18.0 Å². The van der Waals surface area contributed by atoms with Gasteiger partial charge in [-0.15, -0.1) is 11.3 Å². The molecular weight excluding hydrogens is 393 g/mol. The van der Waals surface area contributed by atoms with Crippen LogP contribution < -0.4 is 5.32 Å². The van der Waals surface area contributed by atoms with E-state index >= 15 is 0 Å². The second-order valence-corrected chi connectivity index (χ2v) is 9.42. The SMILES string of the molecule is O=C(N[C@H]1CN2CCC1CC2)c1ccc(Sc2cccc(C(F)(F)F)c2)s1. The summed E-state index contributed by atoms with van der Waals surface area (Å²) in [5.41, 5.74) is -0.663. The fourth-order valence-electron chi connectivity index (χ4n) is 3.72. The largest absolute Gasteiger partial charge is 0.416 e. The first-order valence-electron chi connectivity index (χ1n) is 8.87. The monoisotopic (exact) mass is 412 g/mol. The van der Waals surface area contributed by atoms with Gasteiger partial charge in [0.25, 0.3) is 5.91 Å². The molecule has 1 atom stereocenters. The molecule has 0 spiro atoms. The fraction of sp³-hybridized carbons (Fsp3) is 0.421. The van der Waals surface area contributed by atoms with E-state index in [1.165, 1.54) is 29.2 Å². The van der Waals surface area contributed by atoms with Crippen LogP contribution in [0.1, 0.15) is 28.1 Å². The van der Waals surface area contributed by atoms with Crippen molar-refractivity contribution < 1.29 is 18.0 Å².